The molecule has 0 bridgehead atoms. The summed E-state index contributed by atoms with van der Waals surface area (Å²) in [6, 6.07) is 37.6. The van der Waals surface area contributed by atoms with Gasteiger partial charge in [-0.15, -0.1) is 0 Å². The van der Waals surface area contributed by atoms with E-state index in [-0.39, 0.29) is 5.41 Å². The summed E-state index contributed by atoms with van der Waals surface area (Å²) in [5, 5.41) is 0. The van der Waals surface area contributed by atoms with Gasteiger partial charge in [0.25, 0.3) is 0 Å². The number of hydrogen-bond donors (Lipinski definition) is 0. The van der Waals surface area contributed by atoms with Crippen LogP contribution in [0.1, 0.15) is 83.0 Å². The monoisotopic (exact) mass is 714 g/mol. The van der Waals surface area contributed by atoms with Crippen molar-refractivity contribution in [3.63, 3.8) is 0 Å². The molecule has 0 nitrogen and oxygen atoms in total. The molecule has 0 spiro atoms. The first-order valence-electron chi connectivity index (χ1n) is 17.0. The lowest BCUT2D eigenvalue weighted by Gasteiger charge is -2.33. The standard InChI is InChI=1S/C43H40Br2/c44-37-18-15-33(16-19-37)36-17-21-39-40-22-20-38(45)28-42(40)43(41(39)27-36,23-3-1-5-29-7-9-31-11-13-34(31)25-29)24-4-2-6-30-8-10-32-12-14-35(32)26-30/h7-10,15-22,25-28H,1-6,11-14,23-24H2. The van der Waals surface area contributed by atoms with E-state index in [0.717, 1.165) is 4.47 Å². The number of hydrogen-bond acceptors (Lipinski definition) is 0. The van der Waals surface area contributed by atoms with Crippen LogP contribution >= 0.6 is 31.9 Å². The van der Waals surface area contributed by atoms with E-state index in [1.807, 2.05) is 0 Å². The average Bonchev–Trinajstić information content (AvgIpc) is 3.28. The Hall–Kier alpha value is -2.94. The van der Waals surface area contributed by atoms with E-state index in [0.29, 0.717) is 0 Å². The van der Waals surface area contributed by atoms with Gasteiger partial charge in [-0.3, -0.25) is 0 Å². The predicted molar refractivity (Wildman–Crippen MR) is 196 cm³/mol. The average molecular weight is 717 g/mol. The molecular weight excluding hydrogens is 676 g/mol. The molecule has 5 aromatic carbocycles. The molecule has 0 heterocycles. The highest BCUT2D eigenvalue weighted by Gasteiger charge is 2.42. The molecule has 3 aliphatic carbocycles. The number of rotatable bonds is 11. The first-order chi connectivity index (χ1) is 22.1. The number of benzene rings is 5. The van der Waals surface area contributed by atoms with Crippen molar-refractivity contribution in [1.82, 2.24) is 0 Å². The van der Waals surface area contributed by atoms with Gasteiger partial charge in [-0.25, -0.2) is 0 Å². The van der Waals surface area contributed by atoms with E-state index in [2.05, 4.69) is 129 Å². The van der Waals surface area contributed by atoms with Crippen LogP contribution in [0.15, 0.2) is 106 Å². The minimum atomic E-state index is 0.0285. The maximum atomic E-state index is 3.88. The Morgan fingerprint density at radius 3 is 1.51 bits per heavy atom. The highest BCUT2D eigenvalue weighted by Crippen LogP contribution is 2.55. The van der Waals surface area contributed by atoms with E-state index >= 15 is 0 Å². The second-order valence-corrected chi connectivity index (χ2v) is 15.5. The molecule has 0 amide bonds. The summed E-state index contributed by atoms with van der Waals surface area (Å²) in [6.45, 7) is 0. The van der Waals surface area contributed by atoms with Crippen LogP contribution in [0.3, 0.4) is 0 Å². The van der Waals surface area contributed by atoms with Gasteiger partial charge in [-0.2, -0.15) is 0 Å². The Bertz CT molecular complexity index is 1820. The van der Waals surface area contributed by atoms with Crippen LogP contribution < -0.4 is 0 Å². The Balaban J connectivity index is 1.10. The van der Waals surface area contributed by atoms with Gasteiger partial charge in [-0.05, 0) is 161 Å². The number of unbranched alkanes of at least 4 members (excludes halogenated alkanes) is 2. The summed E-state index contributed by atoms with van der Waals surface area (Å²) >= 11 is 7.51. The molecule has 0 saturated carbocycles. The summed E-state index contributed by atoms with van der Waals surface area (Å²) in [5.74, 6) is 0. The molecule has 5 aromatic rings. The van der Waals surface area contributed by atoms with Crippen molar-refractivity contribution in [2.75, 3.05) is 0 Å². The third kappa shape index (κ3) is 5.68. The number of fused-ring (bicyclic) bond motifs is 5. The van der Waals surface area contributed by atoms with Crippen molar-refractivity contribution >= 4 is 31.9 Å². The summed E-state index contributed by atoms with van der Waals surface area (Å²) < 4.78 is 2.32. The van der Waals surface area contributed by atoms with Crippen molar-refractivity contribution in [1.29, 1.82) is 0 Å². The molecule has 0 aliphatic heterocycles. The third-order valence-corrected chi connectivity index (χ3v) is 12.0. The highest BCUT2D eigenvalue weighted by atomic mass is 79.9. The zero-order valence-electron chi connectivity index (χ0n) is 26.0. The van der Waals surface area contributed by atoms with Crippen LogP contribution in [0.4, 0.5) is 0 Å². The van der Waals surface area contributed by atoms with E-state index in [4.69, 9.17) is 0 Å². The van der Waals surface area contributed by atoms with Crippen molar-refractivity contribution in [3.8, 4) is 22.3 Å². The van der Waals surface area contributed by atoms with Gasteiger partial charge in [-0.1, -0.05) is 111 Å². The lowest BCUT2D eigenvalue weighted by atomic mass is 9.70. The molecule has 8 rings (SSSR count). The zero-order chi connectivity index (χ0) is 30.4. The van der Waals surface area contributed by atoms with Crippen LogP contribution in [-0.2, 0) is 43.9 Å². The largest absolute Gasteiger partial charge is 0.0588 e. The number of halogens is 2. The second kappa shape index (κ2) is 12.3. The summed E-state index contributed by atoms with van der Waals surface area (Å²) in [5.41, 5.74) is 17.9. The van der Waals surface area contributed by atoms with Crippen molar-refractivity contribution in [3.05, 3.63) is 151 Å². The maximum Gasteiger partial charge on any atom is 0.0215 e. The first kappa shape index (κ1) is 29.5. The van der Waals surface area contributed by atoms with Crippen LogP contribution in [0.25, 0.3) is 22.3 Å². The van der Waals surface area contributed by atoms with Gasteiger partial charge in [0.2, 0.25) is 0 Å². The van der Waals surface area contributed by atoms with Crippen molar-refractivity contribution in [2.45, 2.75) is 82.5 Å². The third-order valence-electron chi connectivity index (χ3n) is 11.0. The minimum Gasteiger partial charge on any atom is -0.0588 e. The van der Waals surface area contributed by atoms with E-state index < -0.39 is 0 Å². The normalized spacial score (nSPS) is 15.0. The van der Waals surface area contributed by atoms with Gasteiger partial charge in [0.15, 0.2) is 0 Å². The van der Waals surface area contributed by atoms with Crippen LogP contribution in [0, 0.1) is 0 Å². The molecule has 0 radical (unpaired) electrons. The van der Waals surface area contributed by atoms with Gasteiger partial charge in [0.05, 0.1) is 0 Å². The smallest absolute Gasteiger partial charge is 0.0215 e. The van der Waals surface area contributed by atoms with Crippen LogP contribution in [0.5, 0.6) is 0 Å². The van der Waals surface area contributed by atoms with Gasteiger partial charge in [0.1, 0.15) is 0 Å². The molecule has 2 heteroatoms. The van der Waals surface area contributed by atoms with Gasteiger partial charge >= 0.3 is 0 Å². The summed E-state index contributed by atoms with van der Waals surface area (Å²) in [4.78, 5) is 0. The molecule has 0 saturated heterocycles. The van der Waals surface area contributed by atoms with Crippen molar-refractivity contribution < 1.29 is 0 Å². The molecule has 0 aromatic heterocycles. The predicted octanol–water partition coefficient (Wildman–Crippen LogP) is 12.2. The molecule has 45 heavy (non-hydrogen) atoms. The topological polar surface area (TPSA) is 0 Å². The Morgan fingerprint density at radius 1 is 0.444 bits per heavy atom. The minimum absolute atomic E-state index is 0.0285. The number of aryl methyl sites for hydroxylation is 6. The fourth-order valence-electron chi connectivity index (χ4n) is 8.27. The lowest BCUT2D eigenvalue weighted by Crippen LogP contribution is -2.26. The molecule has 3 aliphatic rings. The van der Waals surface area contributed by atoms with E-state index in [9.17, 15) is 0 Å². The van der Waals surface area contributed by atoms with Crippen LogP contribution in [0.2, 0.25) is 0 Å². The van der Waals surface area contributed by atoms with Gasteiger partial charge in [0, 0.05) is 14.4 Å². The molecule has 226 valence electrons. The Labute approximate surface area is 285 Å². The highest BCUT2D eigenvalue weighted by molar-refractivity contribution is 9.10. The second-order valence-electron chi connectivity index (χ2n) is 13.7. The molecule has 0 fully saturated rings. The quantitative estimate of drug-likeness (QED) is 0.119. The Morgan fingerprint density at radius 2 is 0.956 bits per heavy atom. The van der Waals surface area contributed by atoms with Crippen LogP contribution in [-0.4, -0.2) is 0 Å². The summed E-state index contributed by atoms with van der Waals surface area (Å²) in [7, 11) is 0. The first-order valence-corrected chi connectivity index (χ1v) is 18.6. The van der Waals surface area contributed by atoms with Gasteiger partial charge < -0.3 is 0 Å². The molecule has 0 atom stereocenters. The fraction of sp³-hybridized carbons (Fsp3) is 0.302. The SMILES string of the molecule is Brc1ccc(-c2ccc3c(c2)C(CCCCc2ccc4c(c2)CC4)(CCCCc2ccc4c(c2)CC4)c2cc(Br)ccc2-3)cc1. The lowest BCUT2D eigenvalue weighted by molar-refractivity contribution is 0.407. The molecule has 0 N–H and O–H groups in total. The molecular formula is C43H40Br2. The Kier molecular flexibility index (Phi) is 8.08. The molecule has 0 unspecified atom stereocenters. The zero-order valence-corrected chi connectivity index (χ0v) is 29.2. The summed E-state index contributed by atoms with van der Waals surface area (Å²) in [6.07, 6.45) is 14.7. The maximum absolute atomic E-state index is 3.88. The fourth-order valence-corrected chi connectivity index (χ4v) is 8.90. The van der Waals surface area contributed by atoms with E-state index in [1.165, 1.54) is 126 Å². The van der Waals surface area contributed by atoms with E-state index in [1.54, 1.807) is 22.3 Å². The van der Waals surface area contributed by atoms with Crippen molar-refractivity contribution in [2.24, 2.45) is 0 Å².